The molecule has 4 heterocycles. The van der Waals surface area contributed by atoms with E-state index in [0.717, 1.165) is 37.7 Å². The molecule has 206 valence electrons. The van der Waals surface area contributed by atoms with Crippen LogP contribution in [0.4, 0.5) is 9.52 Å². The molecule has 3 aliphatic rings. The standard InChI is InChI=1S/C27H35ClFN5O3S/c1-16(2)12-21(26(36)34-14-19(28)24-23(34)6-11-37-24)30-25(35)17-4-5-18(20(29)13-17)22-15-38-27(31-22)33-9-7-32(3)8-10-33/h4-5,13,15-16,19,21,23-24H,6-12,14H2,1-3H3,(H,30,35)/t19-,21+,23-,24-/m1/s1. The van der Waals surface area contributed by atoms with Gasteiger partial charge in [0.05, 0.1) is 23.2 Å². The van der Waals surface area contributed by atoms with E-state index in [4.69, 9.17) is 16.3 Å². The van der Waals surface area contributed by atoms with E-state index in [1.807, 2.05) is 19.2 Å². The second-order valence-corrected chi connectivity index (χ2v) is 12.3. The summed E-state index contributed by atoms with van der Waals surface area (Å²) in [5.74, 6) is -0.985. The smallest absolute Gasteiger partial charge is 0.252 e. The lowest BCUT2D eigenvalue weighted by atomic mass is 10.0. The zero-order chi connectivity index (χ0) is 27.0. The summed E-state index contributed by atoms with van der Waals surface area (Å²) in [5.41, 5.74) is 1.07. The maximum Gasteiger partial charge on any atom is 0.252 e. The molecule has 0 radical (unpaired) electrons. The van der Waals surface area contributed by atoms with Crippen molar-refractivity contribution in [2.75, 3.05) is 51.3 Å². The van der Waals surface area contributed by atoms with Crippen LogP contribution in [-0.4, -0.2) is 96.5 Å². The van der Waals surface area contributed by atoms with Crippen LogP contribution in [0.2, 0.25) is 0 Å². The van der Waals surface area contributed by atoms with Crippen molar-refractivity contribution < 1.29 is 18.7 Å². The first kappa shape index (κ1) is 27.3. The molecule has 3 aliphatic heterocycles. The summed E-state index contributed by atoms with van der Waals surface area (Å²) in [7, 11) is 2.10. The Kier molecular flexibility index (Phi) is 8.23. The number of thiazole rings is 1. The molecule has 8 nitrogen and oxygen atoms in total. The molecule has 1 aromatic carbocycles. The van der Waals surface area contributed by atoms with E-state index in [-0.39, 0.29) is 34.9 Å². The summed E-state index contributed by atoms with van der Waals surface area (Å²) in [6, 6.07) is 3.61. The molecule has 0 unspecified atom stereocenters. The number of halogens is 2. The lowest BCUT2D eigenvalue weighted by molar-refractivity contribution is -0.134. The average molecular weight is 564 g/mol. The fourth-order valence-corrected chi connectivity index (χ4v) is 6.76. The Balaban J connectivity index is 1.28. The number of amides is 2. The van der Waals surface area contributed by atoms with Crippen molar-refractivity contribution in [1.29, 1.82) is 0 Å². The lowest BCUT2D eigenvalue weighted by Crippen LogP contribution is -2.51. The van der Waals surface area contributed by atoms with Crippen LogP contribution in [-0.2, 0) is 9.53 Å². The first-order valence-electron chi connectivity index (χ1n) is 13.3. The van der Waals surface area contributed by atoms with Crippen molar-refractivity contribution in [1.82, 2.24) is 20.1 Å². The van der Waals surface area contributed by atoms with Crippen molar-refractivity contribution in [2.24, 2.45) is 5.92 Å². The molecule has 1 N–H and O–H groups in total. The summed E-state index contributed by atoms with van der Waals surface area (Å²) < 4.78 is 20.9. The van der Waals surface area contributed by atoms with E-state index in [9.17, 15) is 9.59 Å². The number of benzene rings is 1. The highest BCUT2D eigenvalue weighted by Crippen LogP contribution is 2.33. The number of ether oxygens (including phenoxy) is 1. The van der Waals surface area contributed by atoms with Gasteiger partial charge in [-0.2, -0.15) is 0 Å². The molecule has 3 saturated heterocycles. The molecule has 5 rings (SSSR count). The van der Waals surface area contributed by atoms with Gasteiger partial charge in [0.2, 0.25) is 5.91 Å². The highest BCUT2D eigenvalue weighted by Gasteiger charge is 2.48. The highest BCUT2D eigenvalue weighted by atomic mass is 35.5. The summed E-state index contributed by atoms with van der Waals surface area (Å²) in [4.78, 5) is 37.6. The minimum atomic E-state index is -0.724. The van der Waals surface area contributed by atoms with Crippen LogP contribution in [0, 0.1) is 11.7 Å². The van der Waals surface area contributed by atoms with Crippen molar-refractivity contribution >= 4 is 39.9 Å². The Labute approximate surface area is 232 Å². The van der Waals surface area contributed by atoms with Crippen molar-refractivity contribution in [2.45, 2.75) is 50.3 Å². The first-order valence-corrected chi connectivity index (χ1v) is 14.6. The van der Waals surface area contributed by atoms with Crippen LogP contribution in [0.3, 0.4) is 0 Å². The van der Waals surface area contributed by atoms with Gasteiger partial charge in [-0.1, -0.05) is 13.8 Å². The fourth-order valence-electron chi connectivity index (χ4n) is 5.49. The Morgan fingerprint density at radius 2 is 2.03 bits per heavy atom. The minimum absolute atomic E-state index is 0.0675. The van der Waals surface area contributed by atoms with E-state index in [2.05, 4.69) is 27.1 Å². The number of likely N-dealkylation sites (N-methyl/N-ethyl adjacent to an activating group) is 1. The van der Waals surface area contributed by atoms with Gasteiger partial charge in [-0.15, -0.1) is 22.9 Å². The van der Waals surface area contributed by atoms with Crippen LogP contribution in [0.1, 0.15) is 37.0 Å². The van der Waals surface area contributed by atoms with Gasteiger partial charge in [0, 0.05) is 55.8 Å². The van der Waals surface area contributed by atoms with Gasteiger partial charge in [0.15, 0.2) is 5.13 Å². The number of likely N-dealkylation sites (tertiary alicyclic amines) is 1. The number of alkyl halides is 1. The van der Waals surface area contributed by atoms with E-state index in [1.165, 1.54) is 17.4 Å². The maximum absolute atomic E-state index is 15.2. The number of nitrogens with zero attached hydrogens (tertiary/aromatic N) is 4. The third kappa shape index (κ3) is 5.68. The van der Waals surface area contributed by atoms with E-state index in [0.29, 0.717) is 30.8 Å². The number of carbonyl (C=O) groups excluding carboxylic acids is 2. The molecule has 0 spiro atoms. The number of hydrogen-bond donors (Lipinski definition) is 1. The van der Waals surface area contributed by atoms with Crippen LogP contribution in [0.25, 0.3) is 11.3 Å². The van der Waals surface area contributed by atoms with Crippen LogP contribution < -0.4 is 10.2 Å². The van der Waals surface area contributed by atoms with Gasteiger partial charge >= 0.3 is 0 Å². The normalized spacial score (nSPS) is 24.6. The number of nitrogens with one attached hydrogen (secondary N) is 1. The summed E-state index contributed by atoms with van der Waals surface area (Å²) >= 11 is 7.94. The molecule has 2 aromatic rings. The van der Waals surface area contributed by atoms with Crippen LogP contribution in [0.5, 0.6) is 0 Å². The third-order valence-electron chi connectivity index (χ3n) is 7.60. The molecule has 4 atom stereocenters. The Morgan fingerprint density at radius 3 is 2.74 bits per heavy atom. The minimum Gasteiger partial charge on any atom is -0.374 e. The molecule has 11 heteroatoms. The molecule has 0 aliphatic carbocycles. The SMILES string of the molecule is CC(C)C[C@H](NC(=O)c1ccc(-c2csc(N3CCN(C)CC3)n2)c(F)c1)C(=O)N1C[C@@H](Cl)[C@H]2OCC[C@H]21. The van der Waals surface area contributed by atoms with Gasteiger partial charge in [-0.25, -0.2) is 9.37 Å². The number of fused-ring (bicyclic) bond motifs is 1. The molecule has 0 saturated carbocycles. The number of rotatable bonds is 7. The molecule has 2 amide bonds. The number of piperazine rings is 1. The van der Waals surface area contributed by atoms with Crippen molar-refractivity contribution in [3.8, 4) is 11.3 Å². The largest absolute Gasteiger partial charge is 0.374 e. The number of hydrogen-bond acceptors (Lipinski definition) is 7. The second kappa shape index (κ2) is 11.5. The summed E-state index contributed by atoms with van der Waals surface area (Å²) in [6.07, 6.45) is 1.04. The van der Waals surface area contributed by atoms with E-state index in [1.54, 1.807) is 17.0 Å². The quantitative estimate of drug-likeness (QED) is 0.520. The van der Waals surface area contributed by atoms with Gasteiger partial charge in [0.1, 0.15) is 11.9 Å². The predicted molar refractivity (Wildman–Crippen MR) is 147 cm³/mol. The van der Waals surface area contributed by atoms with Gasteiger partial charge < -0.3 is 24.8 Å². The van der Waals surface area contributed by atoms with Crippen molar-refractivity contribution in [3.05, 3.63) is 35.0 Å². The highest BCUT2D eigenvalue weighted by molar-refractivity contribution is 7.14. The lowest BCUT2D eigenvalue weighted by Gasteiger charge is -2.32. The monoisotopic (exact) mass is 563 g/mol. The Morgan fingerprint density at radius 1 is 1.26 bits per heavy atom. The fraction of sp³-hybridized carbons (Fsp3) is 0.593. The molecule has 1 aromatic heterocycles. The van der Waals surface area contributed by atoms with E-state index < -0.39 is 17.8 Å². The maximum atomic E-state index is 15.2. The second-order valence-electron chi connectivity index (χ2n) is 10.9. The molecule has 3 fully saturated rings. The van der Waals surface area contributed by atoms with Crippen LogP contribution >= 0.6 is 22.9 Å². The first-order chi connectivity index (χ1) is 18.2. The molecular weight excluding hydrogens is 529 g/mol. The van der Waals surface area contributed by atoms with Gasteiger partial charge in [0.25, 0.3) is 5.91 Å². The molecule has 38 heavy (non-hydrogen) atoms. The zero-order valence-electron chi connectivity index (χ0n) is 22.0. The Bertz CT molecular complexity index is 1170. The number of carbonyl (C=O) groups is 2. The Hall–Kier alpha value is -2.27. The number of anilines is 1. The van der Waals surface area contributed by atoms with E-state index >= 15 is 4.39 Å². The average Bonchev–Trinajstić information content (AvgIpc) is 3.62. The van der Waals surface area contributed by atoms with Gasteiger partial charge in [-0.3, -0.25) is 9.59 Å². The summed E-state index contributed by atoms with van der Waals surface area (Å²) in [5, 5.41) is 5.34. The molecule has 0 bridgehead atoms. The van der Waals surface area contributed by atoms with Crippen molar-refractivity contribution in [3.63, 3.8) is 0 Å². The predicted octanol–water partition coefficient (Wildman–Crippen LogP) is 3.45. The molecular formula is C27H35ClFN5O3S. The summed E-state index contributed by atoms with van der Waals surface area (Å²) in [6.45, 7) is 8.68. The zero-order valence-corrected chi connectivity index (χ0v) is 23.6. The topological polar surface area (TPSA) is 78.0 Å². The third-order valence-corrected chi connectivity index (χ3v) is 8.89. The van der Waals surface area contributed by atoms with Gasteiger partial charge in [-0.05, 0) is 44.0 Å². The number of aromatic nitrogens is 1. The van der Waals surface area contributed by atoms with Crippen LogP contribution in [0.15, 0.2) is 23.6 Å².